The number of carboxylic acids is 1. The van der Waals surface area contributed by atoms with E-state index < -0.39 is 23.4 Å². The molecule has 0 aliphatic carbocycles. The monoisotopic (exact) mass is 413 g/mol. The topological polar surface area (TPSA) is 72.4 Å². The Labute approximate surface area is 171 Å². The average Bonchev–Trinajstić information content (AvgIpc) is 3.21. The Morgan fingerprint density at radius 1 is 1.23 bits per heavy atom. The largest absolute Gasteiger partial charge is 0.477 e. The molecule has 1 atom stereocenters. The van der Waals surface area contributed by atoms with Gasteiger partial charge in [0.15, 0.2) is 5.43 Å². The van der Waals surface area contributed by atoms with Crippen molar-refractivity contribution in [1.82, 2.24) is 4.57 Å². The molecule has 1 aromatic carbocycles. The number of fused-ring (bicyclic) bond motifs is 3. The highest BCUT2D eigenvalue weighted by Crippen LogP contribution is 2.45. The molecule has 0 saturated carbocycles. The minimum Gasteiger partial charge on any atom is -0.477 e. The molecule has 0 bridgehead atoms. The molecule has 7 heteroatoms. The van der Waals surface area contributed by atoms with Crippen LogP contribution in [0, 0.1) is 5.92 Å². The predicted octanol–water partition coefficient (Wildman–Crippen LogP) is 5.34. The van der Waals surface area contributed by atoms with Gasteiger partial charge < -0.3 is 14.1 Å². The number of alkyl halides is 2. The summed E-state index contributed by atoms with van der Waals surface area (Å²) in [5.41, 5.74) is 1.06. The Morgan fingerprint density at radius 3 is 2.53 bits per heavy atom. The summed E-state index contributed by atoms with van der Waals surface area (Å²) in [6, 6.07) is 6.03. The maximum atomic E-state index is 13.9. The fraction of sp³-hybridized carbons (Fsp3) is 0.304. The molecule has 3 heterocycles. The summed E-state index contributed by atoms with van der Waals surface area (Å²) in [4.78, 5) is 24.0. The zero-order valence-corrected chi connectivity index (χ0v) is 16.8. The Balaban J connectivity index is 2.06. The minimum atomic E-state index is -2.72. The molecule has 0 fully saturated rings. The van der Waals surface area contributed by atoms with Crippen molar-refractivity contribution in [3.05, 3.63) is 69.9 Å². The fourth-order valence-corrected chi connectivity index (χ4v) is 4.17. The van der Waals surface area contributed by atoms with E-state index in [1.165, 1.54) is 30.9 Å². The summed E-state index contributed by atoms with van der Waals surface area (Å²) in [7, 11) is 0. The molecule has 1 aliphatic rings. The van der Waals surface area contributed by atoms with Crippen molar-refractivity contribution in [2.45, 2.75) is 39.2 Å². The number of furan rings is 1. The first-order chi connectivity index (χ1) is 14.1. The number of aromatic nitrogens is 1. The first-order valence-corrected chi connectivity index (χ1v) is 9.62. The van der Waals surface area contributed by atoms with Crippen LogP contribution in [0.15, 0.2) is 52.2 Å². The molecule has 1 N–H and O–H groups in total. The fourth-order valence-electron chi connectivity index (χ4n) is 4.17. The van der Waals surface area contributed by atoms with Gasteiger partial charge in [0.25, 0.3) is 6.43 Å². The summed E-state index contributed by atoms with van der Waals surface area (Å²) in [5, 5.41) is 9.41. The minimum absolute atomic E-state index is 0.0840. The first-order valence-electron chi connectivity index (χ1n) is 9.62. The van der Waals surface area contributed by atoms with Gasteiger partial charge in [-0.3, -0.25) is 4.79 Å². The lowest BCUT2D eigenvalue weighted by Crippen LogP contribution is -2.42. The molecular formula is C23H21F2NO4. The second kappa shape index (κ2) is 6.93. The van der Waals surface area contributed by atoms with Crippen molar-refractivity contribution in [2.75, 3.05) is 0 Å². The SMILES string of the molecule is CC(C)C1(C)Cc2cc(-c3ccoc3)c(C(F)F)cc2-c2cc(=O)c(C(=O)O)cn21. The first kappa shape index (κ1) is 20.1. The number of benzene rings is 1. The second-order valence-electron chi connectivity index (χ2n) is 8.21. The number of rotatable bonds is 4. The quantitative estimate of drug-likeness (QED) is 0.627. The molecule has 156 valence electrons. The van der Waals surface area contributed by atoms with Gasteiger partial charge in [0.05, 0.1) is 18.2 Å². The molecule has 0 radical (unpaired) electrons. The van der Waals surface area contributed by atoms with E-state index in [-0.39, 0.29) is 17.0 Å². The molecule has 0 saturated heterocycles. The number of pyridine rings is 1. The third kappa shape index (κ3) is 2.96. The Morgan fingerprint density at radius 2 is 1.97 bits per heavy atom. The predicted molar refractivity (Wildman–Crippen MR) is 108 cm³/mol. The molecule has 3 aromatic rings. The second-order valence-corrected chi connectivity index (χ2v) is 8.21. The summed E-state index contributed by atoms with van der Waals surface area (Å²) >= 11 is 0. The molecule has 2 aromatic heterocycles. The average molecular weight is 413 g/mol. The smallest absolute Gasteiger partial charge is 0.341 e. The summed E-state index contributed by atoms with van der Waals surface area (Å²) < 4.78 is 34.7. The van der Waals surface area contributed by atoms with Crippen molar-refractivity contribution < 1.29 is 23.1 Å². The van der Waals surface area contributed by atoms with E-state index in [4.69, 9.17) is 4.42 Å². The zero-order chi connectivity index (χ0) is 21.8. The van der Waals surface area contributed by atoms with Crippen LogP contribution in [0.4, 0.5) is 8.78 Å². The number of carbonyl (C=O) groups is 1. The van der Waals surface area contributed by atoms with E-state index in [2.05, 4.69) is 0 Å². The van der Waals surface area contributed by atoms with Gasteiger partial charge in [-0.1, -0.05) is 13.8 Å². The molecule has 5 nitrogen and oxygen atoms in total. The third-order valence-electron chi connectivity index (χ3n) is 6.24. The van der Waals surface area contributed by atoms with E-state index in [0.29, 0.717) is 28.8 Å². The van der Waals surface area contributed by atoms with E-state index in [0.717, 1.165) is 5.56 Å². The molecule has 1 unspecified atom stereocenters. The van der Waals surface area contributed by atoms with Crippen molar-refractivity contribution in [3.8, 4) is 22.4 Å². The van der Waals surface area contributed by atoms with Crippen LogP contribution < -0.4 is 5.43 Å². The van der Waals surface area contributed by atoms with Gasteiger partial charge in [-0.15, -0.1) is 0 Å². The van der Waals surface area contributed by atoms with Crippen molar-refractivity contribution in [2.24, 2.45) is 5.92 Å². The number of carboxylic acid groups (broad SMARTS) is 1. The van der Waals surface area contributed by atoms with E-state index in [1.54, 1.807) is 16.7 Å². The van der Waals surface area contributed by atoms with E-state index in [1.807, 2.05) is 20.8 Å². The third-order valence-corrected chi connectivity index (χ3v) is 6.24. The van der Waals surface area contributed by atoms with Crippen LogP contribution in [0.5, 0.6) is 0 Å². The van der Waals surface area contributed by atoms with Gasteiger partial charge in [0.1, 0.15) is 5.56 Å². The highest BCUT2D eigenvalue weighted by molar-refractivity contribution is 5.88. The van der Waals surface area contributed by atoms with Gasteiger partial charge in [-0.2, -0.15) is 0 Å². The van der Waals surface area contributed by atoms with E-state index >= 15 is 0 Å². The van der Waals surface area contributed by atoms with Crippen LogP contribution >= 0.6 is 0 Å². The highest BCUT2D eigenvalue weighted by Gasteiger charge is 2.38. The van der Waals surface area contributed by atoms with Crippen LogP contribution in [0.3, 0.4) is 0 Å². The summed E-state index contributed by atoms with van der Waals surface area (Å²) in [5.74, 6) is -1.23. The molecule has 4 rings (SSSR count). The van der Waals surface area contributed by atoms with Gasteiger partial charge in [-0.05, 0) is 48.6 Å². The number of halogens is 2. The van der Waals surface area contributed by atoms with Crippen LogP contribution in [-0.2, 0) is 12.0 Å². The molecular weight excluding hydrogens is 392 g/mol. The normalized spacial score (nSPS) is 17.8. The van der Waals surface area contributed by atoms with E-state index in [9.17, 15) is 23.5 Å². The van der Waals surface area contributed by atoms with Crippen molar-refractivity contribution in [1.29, 1.82) is 0 Å². The summed E-state index contributed by atoms with van der Waals surface area (Å²) in [6.45, 7) is 6.01. The number of nitrogens with zero attached hydrogens (tertiary/aromatic N) is 1. The molecule has 1 aliphatic heterocycles. The molecule has 0 amide bonds. The Hall–Kier alpha value is -3.22. The lowest BCUT2D eigenvalue weighted by Gasteiger charge is -2.43. The lowest BCUT2D eigenvalue weighted by molar-refractivity contribution is 0.0693. The molecule has 30 heavy (non-hydrogen) atoms. The van der Waals surface area contributed by atoms with Gasteiger partial charge >= 0.3 is 5.97 Å². The number of hydrogen-bond acceptors (Lipinski definition) is 3. The summed E-state index contributed by atoms with van der Waals surface area (Å²) in [6.07, 6.45) is 1.98. The molecule has 0 spiro atoms. The van der Waals surface area contributed by atoms with Crippen LogP contribution in [-0.4, -0.2) is 15.6 Å². The van der Waals surface area contributed by atoms with Crippen LogP contribution in [0.25, 0.3) is 22.4 Å². The number of hydrogen-bond donors (Lipinski definition) is 1. The van der Waals surface area contributed by atoms with Gasteiger partial charge in [0.2, 0.25) is 0 Å². The van der Waals surface area contributed by atoms with Crippen molar-refractivity contribution >= 4 is 5.97 Å². The Kier molecular flexibility index (Phi) is 4.64. The highest BCUT2D eigenvalue weighted by atomic mass is 19.3. The van der Waals surface area contributed by atoms with Gasteiger partial charge in [0, 0.05) is 34.5 Å². The standard InChI is InChI=1S/C23H21F2NO4/c1-12(2)23(3)9-14-6-15(13-4-5-30-11-13)17(21(24)25)7-16(14)19-8-20(27)18(22(28)29)10-26(19)23/h4-8,10-12,21H,9H2,1-3H3,(H,28,29). The van der Waals surface area contributed by atoms with Crippen LogP contribution in [0.1, 0.15) is 48.7 Å². The zero-order valence-electron chi connectivity index (χ0n) is 16.8. The number of aromatic carboxylic acids is 1. The lowest BCUT2D eigenvalue weighted by atomic mass is 9.76. The van der Waals surface area contributed by atoms with Crippen LogP contribution in [0.2, 0.25) is 0 Å². The Bertz CT molecular complexity index is 1190. The maximum Gasteiger partial charge on any atom is 0.341 e. The maximum absolute atomic E-state index is 13.9. The van der Waals surface area contributed by atoms with Crippen molar-refractivity contribution in [3.63, 3.8) is 0 Å². The van der Waals surface area contributed by atoms with Gasteiger partial charge in [-0.25, -0.2) is 13.6 Å².